The van der Waals surface area contributed by atoms with E-state index in [1.54, 1.807) is 0 Å². The topological polar surface area (TPSA) is 27.1 Å². The first-order chi connectivity index (χ1) is 6.39. The molecule has 1 N–H and O–H groups in total. The number of nitrogens with zero attached hydrogens (tertiary/aromatic N) is 1. The van der Waals surface area contributed by atoms with Crippen molar-refractivity contribution in [2.45, 2.75) is 53.0 Å². The molecule has 0 unspecified atom stereocenters. The summed E-state index contributed by atoms with van der Waals surface area (Å²) in [4.78, 5) is 2.35. The molecule has 1 aliphatic carbocycles. The summed E-state index contributed by atoms with van der Waals surface area (Å²) in [5.41, 5.74) is 0.771. The number of hydrogen-bond acceptors (Lipinski definition) is 1. The molecule has 1 heterocycles. The van der Waals surface area contributed by atoms with Crippen LogP contribution in [0.2, 0.25) is 0 Å². The molecule has 1 aliphatic heterocycles. The fourth-order valence-electron chi connectivity index (χ4n) is 3.08. The minimum atomic E-state index is 0.386. The maximum atomic E-state index is 8.00. The SMILES string of the molecule is CC1(C)C(N2CCCCC2=N)C1(C)C. The van der Waals surface area contributed by atoms with Crippen LogP contribution in [0.25, 0.3) is 0 Å². The van der Waals surface area contributed by atoms with Crippen molar-refractivity contribution in [2.75, 3.05) is 6.54 Å². The van der Waals surface area contributed by atoms with E-state index >= 15 is 0 Å². The molecule has 0 aromatic rings. The zero-order valence-corrected chi connectivity index (χ0v) is 9.85. The molecular formula is C12H22N2. The van der Waals surface area contributed by atoms with Crippen molar-refractivity contribution in [1.82, 2.24) is 4.90 Å². The lowest BCUT2D eigenvalue weighted by Crippen LogP contribution is -2.39. The number of nitrogens with one attached hydrogen (secondary N) is 1. The molecule has 0 aromatic carbocycles. The summed E-state index contributed by atoms with van der Waals surface area (Å²) in [6.07, 6.45) is 3.47. The van der Waals surface area contributed by atoms with Gasteiger partial charge in [-0.1, -0.05) is 27.7 Å². The molecule has 0 aromatic heterocycles. The van der Waals surface area contributed by atoms with Crippen molar-refractivity contribution in [2.24, 2.45) is 10.8 Å². The molecule has 2 heteroatoms. The summed E-state index contributed by atoms with van der Waals surface area (Å²) in [6, 6.07) is 0.600. The normalized spacial score (nSPS) is 30.6. The van der Waals surface area contributed by atoms with Crippen molar-refractivity contribution in [3.05, 3.63) is 0 Å². The third-order valence-electron chi connectivity index (χ3n) is 4.67. The van der Waals surface area contributed by atoms with Gasteiger partial charge < -0.3 is 4.90 Å². The van der Waals surface area contributed by atoms with Crippen LogP contribution in [-0.2, 0) is 0 Å². The van der Waals surface area contributed by atoms with Crippen LogP contribution >= 0.6 is 0 Å². The highest BCUT2D eigenvalue weighted by Gasteiger charge is 2.67. The summed E-state index contributed by atoms with van der Waals surface area (Å²) in [6.45, 7) is 10.4. The van der Waals surface area contributed by atoms with Gasteiger partial charge in [0.05, 0.1) is 5.84 Å². The van der Waals surface area contributed by atoms with Crippen LogP contribution in [0.4, 0.5) is 0 Å². The van der Waals surface area contributed by atoms with Gasteiger partial charge in [-0.2, -0.15) is 0 Å². The standard InChI is InChI=1S/C12H22N2/c1-11(2)10(12(11,3)4)14-8-6-5-7-9(14)13/h10,13H,5-8H2,1-4H3. The maximum Gasteiger partial charge on any atom is 0.0960 e. The molecular weight excluding hydrogens is 172 g/mol. The van der Waals surface area contributed by atoms with Crippen molar-refractivity contribution in [3.63, 3.8) is 0 Å². The van der Waals surface area contributed by atoms with E-state index in [4.69, 9.17) is 5.41 Å². The van der Waals surface area contributed by atoms with E-state index in [0.29, 0.717) is 16.9 Å². The summed E-state index contributed by atoms with van der Waals surface area (Å²) in [5, 5.41) is 8.00. The van der Waals surface area contributed by atoms with Crippen molar-refractivity contribution >= 4 is 5.84 Å². The summed E-state index contributed by atoms with van der Waals surface area (Å²) in [7, 11) is 0. The highest BCUT2D eigenvalue weighted by atomic mass is 15.3. The van der Waals surface area contributed by atoms with E-state index in [1.165, 1.54) is 12.8 Å². The molecule has 1 saturated carbocycles. The van der Waals surface area contributed by atoms with E-state index in [0.717, 1.165) is 18.8 Å². The minimum absolute atomic E-state index is 0.386. The smallest absolute Gasteiger partial charge is 0.0960 e. The molecule has 0 radical (unpaired) electrons. The quantitative estimate of drug-likeness (QED) is 0.682. The number of amidine groups is 1. The van der Waals surface area contributed by atoms with E-state index in [1.807, 2.05) is 0 Å². The predicted molar refractivity (Wildman–Crippen MR) is 59.6 cm³/mol. The lowest BCUT2D eigenvalue weighted by Gasteiger charge is -2.31. The largest absolute Gasteiger partial charge is 0.356 e. The van der Waals surface area contributed by atoms with Crippen molar-refractivity contribution < 1.29 is 0 Å². The van der Waals surface area contributed by atoms with Crippen LogP contribution in [0.3, 0.4) is 0 Å². The molecule has 2 fully saturated rings. The van der Waals surface area contributed by atoms with Gasteiger partial charge in [0.25, 0.3) is 0 Å². The first-order valence-corrected chi connectivity index (χ1v) is 5.73. The zero-order valence-electron chi connectivity index (χ0n) is 9.85. The second-order valence-corrected chi connectivity index (χ2v) is 5.94. The van der Waals surface area contributed by atoms with E-state index in [-0.39, 0.29) is 0 Å². The zero-order chi connectivity index (χ0) is 10.6. The van der Waals surface area contributed by atoms with Crippen LogP contribution in [0.1, 0.15) is 47.0 Å². The molecule has 80 valence electrons. The van der Waals surface area contributed by atoms with Crippen LogP contribution in [0, 0.1) is 16.2 Å². The monoisotopic (exact) mass is 194 g/mol. The molecule has 0 amide bonds. The molecule has 0 bridgehead atoms. The Balaban J connectivity index is 2.14. The minimum Gasteiger partial charge on any atom is -0.356 e. The summed E-state index contributed by atoms with van der Waals surface area (Å²) < 4.78 is 0. The molecule has 0 atom stereocenters. The van der Waals surface area contributed by atoms with E-state index in [2.05, 4.69) is 32.6 Å². The second-order valence-electron chi connectivity index (χ2n) is 5.94. The fourth-order valence-corrected chi connectivity index (χ4v) is 3.08. The average Bonchev–Trinajstić information content (AvgIpc) is 2.46. The van der Waals surface area contributed by atoms with Gasteiger partial charge >= 0.3 is 0 Å². The third kappa shape index (κ3) is 1.12. The first kappa shape index (κ1) is 10.0. The Labute approximate surface area is 87.2 Å². The molecule has 2 aliphatic rings. The number of piperidine rings is 1. The third-order valence-corrected chi connectivity index (χ3v) is 4.67. The summed E-state index contributed by atoms with van der Waals surface area (Å²) >= 11 is 0. The maximum absolute atomic E-state index is 8.00. The first-order valence-electron chi connectivity index (χ1n) is 5.73. The molecule has 2 rings (SSSR count). The number of hydrogen-bond donors (Lipinski definition) is 1. The summed E-state index contributed by atoms with van der Waals surface area (Å²) in [5.74, 6) is 0.875. The van der Waals surface area contributed by atoms with Gasteiger partial charge in [-0.05, 0) is 23.7 Å². The average molecular weight is 194 g/mol. The van der Waals surface area contributed by atoms with Gasteiger partial charge in [-0.15, -0.1) is 0 Å². The Morgan fingerprint density at radius 2 is 1.71 bits per heavy atom. The van der Waals surface area contributed by atoms with Crippen LogP contribution in [-0.4, -0.2) is 23.3 Å². The van der Waals surface area contributed by atoms with E-state index < -0.39 is 0 Å². The van der Waals surface area contributed by atoms with Gasteiger partial charge in [0.1, 0.15) is 0 Å². The van der Waals surface area contributed by atoms with Gasteiger partial charge in [0, 0.05) is 19.0 Å². The number of likely N-dealkylation sites (tertiary alicyclic amines) is 1. The highest BCUT2D eigenvalue weighted by molar-refractivity contribution is 5.80. The highest BCUT2D eigenvalue weighted by Crippen LogP contribution is 2.65. The Morgan fingerprint density at radius 3 is 2.14 bits per heavy atom. The Morgan fingerprint density at radius 1 is 1.14 bits per heavy atom. The number of rotatable bonds is 1. The van der Waals surface area contributed by atoms with Gasteiger partial charge in [0.15, 0.2) is 0 Å². The van der Waals surface area contributed by atoms with Gasteiger partial charge in [-0.25, -0.2) is 0 Å². The fraction of sp³-hybridized carbons (Fsp3) is 0.917. The molecule has 14 heavy (non-hydrogen) atoms. The van der Waals surface area contributed by atoms with Crippen molar-refractivity contribution in [3.8, 4) is 0 Å². The second kappa shape index (κ2) is 2.74. The molecule has 1 saturated heterocycles. The van der Waals surface area contributed by atoms with E-state index in [9.17, 15) is 0 Å². The predicted octanol–water partition coefficient (Wildman–Crippen LogP) is 2.88. The van der Waals surface area contributed by atoms with Crippen LogP contribution in [0.5, 0.6) is 0 Å². The van der Waals surface area contributed by atoms with Crippen LogP contribution in [0.15, 0.2) is 0 Å². The van der Waals surface area contributed by atoms with Crippen molar-refractivity contribution in [1.29, 1.82) is 5.41 Å². The lowest BCUT2D eigenvalue weighted by atomic mass is 10.0. The lowest BCUT2D eigenvalue weighted by molar-refractivity contribution is 0.312. The Hall–Kier alpha value is -0.530. The Kier molecular flexibility index (Phi) is 1.96. The van der Waals surface area contributed by atoms with Crippen LogP contribution < -0.4 is 0 Å². The van der Waals surface area contributed by atoms with Gasteiger partial charge in [-0.3, -0.25) is 5.41 Å². The molecule has 2 nitrogen and oxygen atoms in total. The van der Waals surface area contributed by atoms with Gasteiger partial charge in [0.2, 0.25) is 0 Å². The molecule has 0 spiro atoms. The Bertz CT molecular complexity index is 251.